The fourth-order valence-electron chi connectivity index (χ4n) is 6.90. The third-order valence-electron chi connectivity index (χ3n) is 9.93. The predicted molar refractivity (Wildman–Crippen MR) is 235 cm³/mol. The van der Waals surface area contributed by atoms with E-state index in [4.69, 9.17) is 16.7 Å². The molecule has 2 aromatic heterocycles. The van der Waals surface area contributed by atoms with Crippen molar-refractivity contribution in [3.05, 3.63) is 143 Å². The third-order valence-corrected chi connectivity index (χ3v) is 11.2. The molecule has 1 saturated heterocycles. The average molecular weight is 859 g/mol. The van der Waals surface area contributed by atoms with Crippen LogP contribution < -0.4 is 15.1 Å². The summed E-state index contributed by atoms with van der Waals surface area (Å²) >= 11 is 7.48. The molecule has 0 unspecified atom stereocenters. The van der Waals surface area contributed by atoms with Gasteiger partial charge in [0.15, 0.2) is 10.9 Å². The van der Waals surface area contributed by atoms with Crippen LogP contribution in [0.25, 0.3) is 22.5 Å². The van der Waals surface area contributed by atoms with E-state index in [1.54, 1.807) is 30.1 Å². The van der Waals surface area contributed by atoms with Gasteiger partial charge in [0.2, 0.25) is 17.7 Å². The molecular weight excluding hydrogens is 816 g/mol. The van der Waals surface area contributed by atoms with Crippen molar-refractivity contribution in [3.8, 4) is 22.5 Å². The molecule has 0 spiro atoms. The molecule has 312 valence electrons. The van der Waals surface area contributed by atoms with Crippen LogP contribution >= 0.6 is 22.9 Å². The molecule has 0 bridgehead atoms. The zero-order chi connectivity index (χ0) is 43.3. The van der Waals surface area contributed by atoms with Crippen LogP contribution in [-0.4, -0.2) is 68.6 Å². The van der Waals surface area contributed by atoms with Crippen molar-refractivity contribution in [2.45, 2.75) is 38.5 Å². The Bertz CT molecular complexity index is 2470. The molecule has 0 aliphatic carbocycles. The van der Waals surface area contributed by atoms with E-state index in [1.807, 2.05) is 109 Å². The first-order chi connectivity index (χ1) is 29.5. The Kier molecular flexibility index (Phi) is 15.1. The second-order valence-electron chi connectivity index (χ2n) is 14.3. The number of rotatable bonds is 15. The highest BCUT2D eigenvalue weighted by atomic mass is 35.5. The summed E-state index contributed by atoms with van der Waals surface area (Å²) in [7, 11) is 1.63. The van der Waals surface area contributed by atoms with Crippen molar-refractivity contribution >= 4 is 69.2 Å². The van der Waals surface area contributed by atoms with Gasteiger partial charge in [-0.05, 0) is 54.7 Å². The number of carboxylic acid groups (broad SMARTS) is 2. The van der Waals surface area contributed by atoms with Gasteiger partial charge in [-0.3, -0.25) is 28.9 Å². The summed E-state index contributed by atoms with van der Waals surface area (Å²) in [4.78, 5) is 68.6. The van der Waals surface area contributed by atoms with Gasteiger partial charge in [-0.25, -0.2) is 4.98 Å². The normalized spacial score (nSPS) is 13.1. The minimum atomic E-state index is -1.03. The number of hydrogen-bond acceptors (Lipinski definition) is 9. The monoisotopic (exact) mass is 858 g/mol. The summed E-state index contributed by atoms with van der Waals surface area (Å²) in [5, 5.41) is 32.2. The lowest BCUT2D eigenvalue weighted by atomic mass is 9.95. The number of para-hydroxylation sites is 1. The van der Waals surface area contributed by atoms with E-state index in [1.165, 1.54) is 16.2 Å². The topological polar surface area (TPSA) is 183 Å². The number of anilines is 3. The molecule has 0 saturated carbocycles. The lowest BCUT2D eigenvalue weighted by Crippen LogP contribution is -2.35. The van der Waals surface area contributed by atoms with Crippen molar-refractivity contribution in [1.29, 1.82) is 0 Å². The fourth-order valence-corrected chi connectivity index (χ4v) is 7.93. The van der Waals surface area contributed by atoms with Crippen molar-refractivity contribution in [3.63, 3.8) is 0 Å². The molecule has 3 amide bonds. The predicted octanol–water partition coefficient (Wildman–Crippen LogP) is 8.30. The first-order valence-corrected chi connectivity index (χ1v) is 20.8. The van der Waals surface area contributed by atoms with Gasteiger partial charge in [0.1, 0.15) is 0 Å². The van der Waals surface area contributed by atoms with Crippen LogP contribution in [0.4, 0.5) is 16.6 Å². The van der Waals surface area contributed by atoms with E-state index in [-0.39, 0.29) is 30.5 Å². The Morgan fingerprint density at radius 2 is 1.34 bits per heavy atom. The van der Waals surface area contributed by atoms with Crippen LogP contribution in [0.1, 0.15) is 36.8 Å². The smallest absolute Gasteiger partial charge is 0.304 e. The number of thiazole rings is 1. The highest BCUT2D eigenvalue weighted by Gasteiger charge is 2.29. The molecule has 1 fully saturated rings. The largest absolute Gasteiger partial charge is 0.481 e. The Balaban J connectivity index is 0.000000207. The first kappa shape index (κ1) is 43.8. The van der Waals surface area contributed by atoms with E-state index in [0.29, 0.717) is 47.3 Å². The van der Waals surface area contributed by atoms with Gasteiger partial charge in [-0.15, -0.1) is 21.5 Å². The van der Waals surface area contributed by atoms with E-state index in [2.05, 4.69) is 20.5 Å². The zero-order valence-electron chi connectivity index (χ0n) is 33.2. The number of carbonyl (C=O) groups is 5. The van der Waals surface area contributed by atoms with Crippen LogP contribution in [0.15, 0.2) is 127 Å². The molecule has 3 N–H and O–H groups in total. The van der Waals surface area contributed by atoms with Gasteiger partial charge in [0.25, 0.3) is 0 Å². The van der Waals surface area contributed by atoms with Gasteiger partial charge in [-0.2, -0.15) is 0 Å². The van der Waals surface area contributed by atoms with Crippen molar-refractivity contribution < 1.29 is 34.2 Å². The van der Waals surface area contributed by atoms with Crippen LogP contribution in [0, 0.1) is 11.8 Å². The van der Waals surface area contributed by atoms with E-state index >= 15 is 0 Å². The highest BCUT2D eigenvalue weighted by molar-refractivity contribution is 7.14. The molecular formula is C46H43ClN6O7S. The van der Waals surface area contributed by atoms with E-state index < -0.39 is 29.7 Å². The number of nitrogens with one attached hydrogen (secondary N) is 1. The fraction of sp³-hybridized carbons (Fsp3) is 0.217. The molecule has 13 nitrogen and oxygen atoms in total. The number of aromatic nitrogens is 3. The summed E-state index contributed by atoms with van der Waals surface area (Å²) in [6, 6.07) is 36.9. The van der Waals surface area contributed by atoms with E-state index in [0.717, 1.165) is 34.4 Å². The lowest BCUT2D eigenvalue weighted by Gasteiger charge is -2.21. The number of halogens is 1. The first-order valence-electron chi connectivity index (χ1n) is 19.5. The number of benzene rings is 4. The summed E-state index contributed by atoms with van der Waals surface area (Å²) in [6.07, 6.45) is 1.51. The van der Waals surface area contributed by atoms with Crippen LogP contribution in [0.2, 0.25) is 5.02 Å². The van der Waals surface area contributed by atoms with Gasteiger partial charge >= 0.3 is 11.9 Å². The molecule has 1 aliphatic rings. The number of hydrogen-bond donors (Lipinski definition) is 3. The zero-order valence-corrected chi connectivity index (χ0v) is 34.8. The molecule has 7 rings (SSSR count). The lowest BCUT2D eigenvalue weighted by molar-refractivity contribution is -0.140. The number of amides is 3. The van der Waals surface area contributed by atoms with Gasteiger partial charge in [-0.1, -0.05) is 109 Å². The Hall–Kier alpha value is -6.77. The molecule has 4 aromatic carbocycles. The molecule has 61 heavy (non-hydrogen) atoms. The number of nitrogens with zero attached hydrogens (tertiary/aromatic N) is 5. The van der Waals surface area contributed by atoms with Crippen molar-refractivity contribution in [2.24, 2.45) is 11.8 Å². The van der Waals surface area contributed by atoms with E-state index in [9.17, 15) is 29.1 Å². The Labute approximate surface area is 361 Å². The molecule has 1 aliphatic heterocycles. The minimum absolute atomic E-state index is 0.0997. The average Bonchev–Trinajstić information content (AvgIpc) is 3.93. The van der Waals surface area contributed by atoms with Crippen molar-refractivity contribution in [2.75, 3.05) is 28.7 Å². The maximum Gasteiger partial charge on any atom is 0.304 e. The number of carboxylic acids is 2. The molecule has 3 heterocycles. The van der Waals surface area contributed by atoms with Gasteiger partial charge in [0.05, 0.1) is 46.8 Å². The van der Waals surface area contributed by atoms with Crippen molar-refractivity contribution in [1.82, 2.24) is 15.2 Å². The molecule has 15 heteroatoms. The Morgan fingerprint density at radius 3 is 1.93 bits per heavy atom. The quantitative estimate of drug-likeness (QED) is 0.0908. The van der Waals surface area contributed by atoms with Crippen LogP contribution in [0.3, 0.4) is 0 Å². The number of carbonyl (C=O) groups excluding carboxylic acids is 3. The third kappa shape index (κ3) is 11.9. The second-order valence-corrected chi connectivity index (χ2v) is 15.6. The summed E-state index contributed by atoms with van der Waals surface area (Å²) in [6.45, 7) is 0.682. The van der Waals surface area contributed by atoms with Gasteiger partial charge < -0.3 is 20.4 Å². The summed E-state index contributed by atoms with van der Waals surface area (Å²) < 4.78 is 0. The van der Waals surface area contributed by atoms with Crippen LogP contribution in [0.5, 0.6) is 0 Å². The molecule has 0 radical (unpaired) electrons. The highest BCUT2D eigenvalue weighted by Crippen LogP contribution is 2.36. The standard InChI is InChI=1S/C25H25N3O4S.C21H18ClN3O3/c1-27(24(32)18(15-23(30)31)14-17-8-3-2-4-9-17)25-26-20(16-33-25)19-10-5-6-11-21(19)28-13-7-12-22(28)29;22-17-9-5-4-8-16(17)18-10-11-19(25-24-18)23-21(28)15(13-20(26)27)12-14-6-2-1-3-7-14/h2-6,8-11,16,18H,7,12-15H2,1H3,(H,30,31);1-11,15H,12-13H2,(H,26,27)(H,23,25,28)/t18-;15-/m11/s1. The number of aliphatic carboxylic acids is 2. The summed E-state index contributed by atoms with van der Waals surface area (Å²) in [5.74, 6) is -3.80. The minimum Gasteiger partial charge on any atom is -0.481 e. The van der Waals surface area contributed by atoms with Gasteiger partial charge in [0, 0.05) is 36.5 Å². The summed E-state index contributed by atoms with van der Waals surface area (Å²) in [5.41, 5.74) is 5.46. The van der Waals surface area contributed by atoms with Crippen LogP contribution in [-0.2, 0) is 36.8 Å². The SMILES string of the molecule is CN(C(=O)[C@@H](CC(=O)O)Cc1ccccc1)c1nc(-c2ccccc2N2CCCC2=O)cs1.O=C(O)C[C@@H](Cc1ccccc1)C(=O)Nc1ccc(-c2ccccc2Cl)nn1. The maximum atomic E-state index is 13.2. The Morgan fingerprint density at radius 1 is 0.754 bits per heavy atom. The maximum absolute atomic E-state index is 13.2. The molecule has 2 atom stereocenters. The molecule has 6 aromatic rings. The second kappa shape index (κ2) is 21.0.